The summed E-state index contributed by atoms with van der Waals surface area (Å²) in [5, 5.41) is 27.3. The Hall–Kier alpha value is -5.40. The van der Waals surface area contributed by atoms with Gasteiger partial charge in [-0.05, 0) is 39.6 Å². The Morgan fingerprint density at radius 1 is 0.909 bits per heavy atom. The molecular weight excluding hydrogens is 556 g/mol. The van der Waals surface area contributed by atoms with Crippen molar-refractivity contribution in [1.82, 2.24) is 25.1 Å². The van der Waals surface area contributed by atoms with E-state index in [0.29, 0.717) is 0 Å². The summed E-state index contributed by atoms with van der Waals surface area (Å²) in [5.41, 5.74) is 2.61. The number of nitrogens with zero attached hydrogens (tertiary/aromatic N) is 5. The maximum atomic E-state index is 14.2. The molecule has 4 amide bonds. The lowest BCUT2D eigenvalue weighted by atomic mass is 9.97. The number of hydrogen-bond donors (Lipinski definition) is 2. The third-order valence-electron chi connectivity index (χ3n) is 8.18. The van der Waals surface area contributed by atoms with Crippen LogP contribution >= 0.6 is 0 Å². The number of benzene rings is 4. The number of aromatic hydroxyl groups is 1. The summed E-state index contributed by atoms with van der Waals surface area (Å²) < 4.78 is 0. The van der Waals surface area contributed by atoms with Crippen LogP contribution in [-0.4, -0.2) is 74.6 Å². The van der Waals surface area contributed by atoms with Crippen LogP contribution in [0.2, 0.25) is 0 Å². The molecule has 0 saturated carbocycles. The Kier molecular flexibility index (Phi) is 8.12. The summed E-state index contributed by atoms with van der Waals surface area (Å²) in [5.74, 6) is -0.463. The predicted molar refractivity (Wildman–Crippen MR) is 163 cm³/mol. The molecule has 6 rings (SSSR count). The first-order valence-electron chi connectivity index (χ1n) is 14.5. The average molecular weight is 589 g/mol. The molecule has 4 aromatic rings. The Balaban J connectivity index is 1.37. The van der Waals surface area contributed by atoms with Gasteiger partial charge in [-0.1, -0.05) is 84.9 Å². The fourth-order valence-electron chi connectivity index (χ4n) is 6.10. The molecule has 222 valence electrons. The minimum atomic E-state index is -0.894. The minimum absolute atomic E-state index is 0.0700. The van der Waals surface area contributed by atoms with E-state index in [2.05, 4.69) is 11.4 Å². The van der Waals surface area contributed by atoms with Gasteiger partial charge in [0.05, 0.1) is 19.2 Å². The molecule has 44 heavy (non-hydrogen) atoms. The minimum Gasteiger partial charge on any atom is -0.508 e. The SMILES string of the molecule is N#CCN1CC(=O)N2C(Cc3ccc(O)cc3)C(=O)N(Cc3cccc4ccccc34)C[C@@H]2N1C(=O)NCc1ccccc1. The van der Waals surface area contributed by atoms with Crippen molar-refractivity contribution in [2.24, 2.45) is 0 Å². The number of carbonyl (C=O) groups is 3. The van der Waals surface area contributed by atoms with Crippen molar-refractivity contribution in [2.75, 3.05) is 19.6 Å². The van der Waals surface area contributed by atoms with Gasteiger partial charge in [0.1, 0.15) is 24.5 Å². The number of carbonyl (C=O) groups excluding carboxylic acids is 3. The molecular formula is C34H32N6O4. The first-order valence-corrected chi connectivity index (χ1v) is 14.5. The van der Waals surface area contributed by atoms with Crippen LogP contribution in [0.15, 0.2) is 97.1 Å². The van der Waals surface area contributed by atoms with Gasteiger partial charge < -0.3 is 20.2 Å². The quantitative estimate of drug-likeness (QED) is 0.318. The Morgan fingerprint density at radius 2 is 1.64 bits per heavy atom. The summed E-state index contributed by atoms with van der Waals surface area (Å²) in [6.45, 7) is 0.218. The summed E-state index contributed by atoms with van der Waals surface area (Å²) >= 11 is 0. The topological polar surface area (TPSA) is 120 Å². The number of nitriles is 1. The largest absolute Gasteiger partial charge is 0.508 e. The molecule has 1 unspecified atom stereocenters. The highest BCUT2D eigenvalue weighted by atomic mass is 16.3. The second kappa shape index (κ2) is 12.5. The molecule has 2 N–H and O–H groups in total. The van der Waals surface area contributed by atoms with Gasteiger partial charge in [0.2, 0.25) is 11.8 Å². The van der Waals surface area contributed by atoms with Crippen LogP contribution in [-0.2, 0) is 29.1 Å². The molecule has 2 atom stereocenters. The van der Waals surface area contributed by atoms with E-state index >= 15 is 0 Å². The van der Waals surface area contributed by atoms with E-state index in [9.17, 15) is 24.8 Å². The van der Waals surface area contributed by atoms with Crippen molar-refractivity contribution < 1.29 is 19.5 Å². The van der Waals surface area contributed by atoms with E-state index in [4.69, 9.17) is 0 Å². The number of amides is 4. The number of hydrogen-bond acceptors (Lipinski definition) is 6. The Labute approximate surface area is 255 Å². The molecule has 0 aliphatic carbocycles. The van der Waals surface area contributed by atoms with E-state index in [1.807, 2.05) is 72.8 Å². The number of phenolic OH excluding ortho intramolecular Hbond substituents is 1. The van der Waals surface area contributed by atoms with Crippen LogP contribution in [0.4, 0.5) is 4.79 Å². The maximum Gasteiger partial charge on any atom is 0.334 e. The third kappa shape index (κ3) is 5.78. The Morgan fingerprint density at radius 3 is 2.41 bits per heavy atom. The Bertz CT molecular complexity index is 1720. The molecule has 0 aromatic heterocycles. The summed E-state index contributed by atoms with van der Waals surface area (Å²) in [4.78, 5) is 45.0. The predicted octanol–water partition coefficient (Wildman–Crippen LogP) is 3.62. The normalized spacial score (nSPS) is 18.7. The number of urea groups is 1. The lowest BCUT2D eigenvalue weighted by Crippen LogP contribution is -2.76. The molecule has 0 bridgehead atoms. The van der Waals surface area contributed by atoms with Gasteiger partial charge in [-0.25, -0.2) is 9.80 Å². The molecule has 2 fully saturated rings. The van der Waals surface area contributed by atoms with Gasteiger partial charge in [0, 0.05) is 19.5 Å². The van der Waals surface area contributed by atoms with Gasteiger partial charge in [0.25, 0.3) is 0 Å². The standard InChI is InChI=1S/C34H32N6O4/c35-17-18-38-23-32(42)39-30(19-24-13-15-28(41)16-14-24)33(43)37(21-27-11-6-10-26-9-4-5-12-29(26)27)22-31(39)40(38)34(44)36-20-25-7-2-1-3-8-25/h1-16,30-31,41H,18-23H2,(H,36,44)/t30?,31-/m0/s1. The first kappa shape index (κ1) is 28.7. The molecule has 4 aromatic carbocycles. The van der Waals surface area contributed by atoms with Gasteiger partial charge >= 0.3 is 6.03 Å². The van der Waals surface area contributed by atoms with Gasteiger partial charge in [-0.2, -0.15) is 10.3 Å². The molecule has 2 heterocycles. The van der Waals surface area contributed by atoms with Crippen molar-refractivity contribution in [3.63, 3.8) is 0 Å². The zero-order chi connectivity index (χ0) is 30.6. The molecule has 2 aliphatic heterocycles. The second-order valence-corrected chi connectivity index (χ2v) is 11.0. The number of fused-ring (bicyclic) bond motifs is 2. The van der Waals surface area contributed by atoms with Crippen molar-refractivity contribution in [1.29, 1.82) is 5.26 Å². The van der Waals surface area contributed by atoms with Crippen molar-refractivity contribution >= 4 is 28.6 Å². The summed E-state index contributed by atoms with van der Waals surface area (Å²) in [6, 6.07) is 30.6. The van der Waals surface area contributed by atoms with Crippen LogP contribution in [0.3, 0.4) is 0 Å². The van der Waals surface area contributed by atoms with E-state index in [1.165, 1.54) is 14.9 Å². The summed E-state index contributed by atoms with van der Waals surface area (Å²) in [6.07, 6.45) is -0.638. The third-order valence-corrected chi connectivity index (χ3v) is 8.18. The maximum absolute atomic E-state index is 14.2. The average Bonchev–Trinajstić information content (AvgIpc) is 3.03. The highest BCUT2D eigenvalue weighted by Crippen LogP contribution is 2.30. The van der Waals surface area contributed by atoms with Gasteiger partial charge in [-0.15, -0.1) is 0 Å². The molecule has 2 saturated heterocycles. The van der Waals surface area contributed by atoms with Crippen molar-refractivity contribution in [3.05, 3.63) is 114 Å². The van der Waals surface area contributed by atoms with E-state index in [1.54, 1.807) is 29.2 Å². The highest BCUT2D eigenvalue weighted by molar-refractivity contribution is 5.92. The van der Waals surface area contributed by atoms with E-state index in [-0.39, 0.29) is 56.7 Å². The lowest BCUT2D eigenvalue weighted by Gasteiger charge is -2.54. The number of phenols is 1. The molecule has 2 aliphatic rings. The molecule has 0 radical (unpaired) electrons. The highest BCUT2D eigenvalue weighted by Gasteiger charge is 2.51. The van der Waals surface area contributed by atoms with Crippen molar-refractivity contribution in [3.8, 4) is 11.8 Å². The van der Waals surface area contributed by atoms with Crippen LogP contribution in [0.25, 0.3) is 10.8 Å². The lowest BCUT2D eigenvalue weighted by molar-refractivity contribution is -0.189. The zero-order valence-electron chi connectivity index (χ0n) is 24.0. The van der Waals surface area contributed by atoms with Gasteiger partial charge in [-0.3, -0.25) is 9.59 Å². The smallest absolute Gasteiger partial charge is 0.334 e. The molecule has 0 spiro atoms. The number of nitrogens with one attached hydrogen (secondary N) is 1. The van der Waals surface area contributed by atoms with E-state index in [0.717, 1.165) is 27.5 Å². The fraction of sp³-hybridized carbons (Fsp3) is 0.235. The molecule has 10 nitrogen and oxygen atoms in total. The first-order chi connectivity index (χ1) is 21.4. The van der Waals surface area contributed by atoms with Gasteiger partial charge in [0.15, 0.2) is 0 Å². The van der Waals surface area contributed by atoms with Crippen LogP contribution in [0.1, 0.15) is 16.7 Å². The summed E-state index contributed by atoms with van der Waals surface area (Å²) in [7, 11) is 0. The second-order valence-electron chi connectivity index (χ2n) is 11.0. The van der Waals surface area contributed by atoms with Crippen LogP contribution in [0, 0.1) is 11.3 Å². The zero-order valence-corrected chi connectivity index (χ0v) is 24.0. The number of rotatable bonds is 7. The monoisotopic (exact) mass is 588 g/mol. The number of hydrazine groups is 1. The van der Waals surface area contributed by atoms with Crippen LogP contribution < -0.4 is 5.32 Å². The van der Waals surface area contributed by atoms with Crippen molar-refractivity contribution in [2.45, 2.75) is 31.7 Å². The van der Waals surface area contributed by atoms with Crippen LogP contribution in [0.5, 0.6) is 5.75 Å². The van der Waals surface area contributed by atoms with E-state index < -0.39 is 18.2 Å². The fourth-order valence-corrected chi connectivity index (χ4v) is 6.10. The number of piperazine rings is 1. The molecule has 10 heteroatoms.